The predicted molar refractivity (Wildman–Crippen MR) is 428 cm³/mol. The second-order valence-corrected chi connectivity index (χ2v) is 28.8. The maximum absolute atomic E-state index is 10.5. The van der Waals surface area contributed by atoms with E-state index in [0.717, 1.165) is 221 Å². The average Bonchev–Trinajstić information content (AvgIpc) is 1.60. The van der Waals surface area contributed by atoms with Gasteiger partial charge in [0.1, 0.15) is 40.8 Å². The van der Waals surface area contributed by atoms with Crippen LogP contribution in [0.1, 0.15) is 138 Å². The highest BCUT2D eigenvalue weighted by Crippen LogP contribution is 2.44. The minimum absolute atomic E-state index is 0.122. The maximum Gasteiger partial charge on any atom is 0.201 e. The number of pyridine rings is 1. The van der Waals surface area contributed by atoms with Gasteiger partial charge in [-0.25, -0.2) is 19.9 Å². The van der Waals surface area contributed by atoms with Crippen LogP contribution in [-0.2, 0) is 0 Å². The Kier molecular flexibility index (Phi) is 18.9. The van der Waals surface area contributed by atoms with Crippen LogP contribution in [0.25, 0.3) is 133 Å². The molecule has 11 heterocycles. The number of fused-ring (bicyclic) bond motifs is 5. The molecule has 1 saturated carbocycles. The number of nitrogens with zero attached hydrogens (tertiary/aromatic N) is 11. The van der Waals surface area contributed by atoms with E-state index in [2.05, 4.69) is 174 Å². The largest absolute Gasteiger partial charge is 0.396 e. The van der Waals surface area contributed by atoms with Gasteiger partial charge in [0, 0.05) is 97.7 Å². The molecule has 0 bridgehead atoms. The van der Waals surface area contributed by atoms with Gasteiger partial charge in [-0.1, -0.05) is 51.0 Å². The molecule has 0 radical (unpaired) electrons. The molecule has 6 aromatic carbocycles. The Labute approximate surface area is 623 Å². The van der Waals surface area contributed by atoms with Gasteiger partial charge in [0.25, 0.3) is 0 Å². The van der Waals surface area contributed by atoms with E-state index in [1.54, 1.807) is 6.20 Å². The summed E-state index contributed by atoms with van der Waals surface area (Å²) in [5, 5.41) is 40.7. The number of anilines is 2. The van der Waals surface area contributed by atoms with Crippen molar-refractivity contribution in [2.45, 2.75) is 142 Å². The summed E-state index contributed by atoms with van der Waals surface area (Å²) in [7, 11) is 0. The van der Waals surface area contributed by atoms with Crippen LogP contribution in [0.2, 0.25) is 0 Å². The number of aryl methyl sites for hydroxylation is 12. The van der Waals surface area contributed by atoms with E-state index in [1.807, 2.05) is 93.5 Å². The summed E-state index contributed by atoms with van der Waals surface area (Å²) in [5.74, 6) is 5.80. The summed E-state index contributed by atoms with van der Waals surface area (Å²) in [6, 6.07) is 32.0. The minimum Gasteiger partial charge on any atom is -0.396 e. The topological polar surface area (TPSA) is 335 Å². The summed E-state index contributed by atoms with van der Waals surface area (Å²) in [4.78, 5) is 45.8. The molecule has 0 saturated heterocycles. The Morgan fingerprint density at radius 3 is 1.39 bits per heavy atom. The number of benzene rings is 6. The van der Waals surface area contributed by atoms with Crippen molar-refractivity contribution >= 4 is 89.5 Å². The summed E-state index contributed by atoms with van der Waals surface area (Å²) in [6.45, 7) is 33.7. The smallest absolute Gasteiger partial charge is 0.201 e. The number of nitrogen functional groups attached to an aromatic ring is 1. The van der Waals surface area contributed by atoms with E-state index in [1.165, 1.54) is 46.3 Å². The molecule has 9 aromatic heterocycles. The fraction of sp³-hybridized carbons (Fsp3) is 0.282. The molecule has 3 aliphatic rings. The second-order valence-electron chi connectivity index (χ2n) is 28.8. The van der Waals surface area contributed by atoms with E-state index in [0.29, 0.717) is 17.8 Å². The Bertz CT molecular complexity index is 6110. The monoisotopic (exact) mass is 1440 g/mol. The average molecular weight is 1440 g/mol. The van der Waals surface area contributed by atoms with Crippen molar-refractivity contribution < 1.29 is 28.3 Å². The van der Waals surface area contributed by atoms with E-state index < -0.39 is 6.10 Å². The number of nitrogens with one attached hydrogen (secondary N) is 5. The highest BCUT2D eigenvalue weighted by atomic mass is 16.5. The van der Waals surface area contributed by atoms with Gasteiger partial charge in [-0.3, -0.25) is 15.0 Å². The van der Waals surface area contributed by atoms with Crippen molar-refractivity contribution in [1.82, 2.24) is 65.5 Å². The molecule has 1 aliphatic carbocycles. The number of allylic oxidation sites excluding steroid dienone is 2. The van der Waals surface area contributed by atoms with Gasteiger partial charge in [-0.15, -0.1) is 0 Å². The first-order chi connectivity index (χ1) is 51.9. The lowest BCUT2D eigenvalue weighted by atomic mass is 9.91. The summed E-state index contributed by atoms with van der Waals surface area (Å²) < 4.78 is 21.6. The lowest BCUT2D eigenvalue weighted by molar-refractivity contribution is 0.127. The zero-order chi connectivity index (χ0) is 75.8. The molecule has 1 atom stereocenters. The molecular weight excluding hydrogens is 1360 g/mol. The number of aromatic nitrogens is 13. The van der Waals surface area contributed by atoms with Crippen LogP contribution in [0.5, 0.6) is 0 Å². The molecule has 15 aromatic rings. The first-order valence-electron chi connectivity index (χ1n) is 36.4. The number of hydrogen-bond acceptors (Lipinski definition) is 19. The summed E-state index contributed by atoms with van der Waals surface area (Å²) >= 11 is 0. The third kappa shape index (κ3) is 13.4. The number of aliphatic imine (C=N–C) groups is 2. The molecule has 18 rings (SSSR count). The van der Waals surface area contributed by atoms with Crippen molar-refractivity contribution in [3.05, 3.63) is 194 Å². The van der Waals surface area contributed by atoms with Crippen molar-refractivity contribution in [3.8, 4) is 66.8 Å². The molecule has 548 valence electrons. The van der Waals surface area contributed by atoms with Crippen molar-refractivity contribution in [2.75, 3.05) is 30.7 Å². The van der Waals surface area contributed by atoms with E-state index in [-0.39, 0.29) is 13.0 Å². The zero-order valence-corrected chi connectivity index (χ0v) is 63.7. The normalized spacial score (nSPS) is 13.9. The molecule has 2 aliphatic heterocycles. The second kappa shape index (κ2) is 28.6. The Hall–Kier alpha value is -12.2. The minimum atomic E-state index is -0.877. The molecular formula is C85H87N17O6. The standard InChI is InChI=1S/C25H24N4O3.C21H23N5O.C21H21N3O.C18H19N5O/c1-13-6-7-19-17(5-4-9-26-19)22(13)18-11-16(23-14(2)29-32-15(23)3)12-20-24(18)28-25(27-20)21(31)8-10-30;1-10-9-22-11(2)18(10)16-7-14(19-12(3)26-27-13(19)4)8-17-20(16)25-21(24-17)23-15-5-6-15;1-11-7-6-8-12(2)19(11)17-9-16(20-13(3)24-25-14(20)4)10-18-21(17)23-15(5)22-18;1-8-7-20-9(2)15(8)13-5-12(16-10(3)23-24-11(16)4)6-14-17(13)22-18(19)21-14/h4-7,9,11-12,21,30-31H,8,10H2,1-3H3,(H,27,28);7-8,15H,5-6,9H2,1-4H3,(H2,23,24,25);6-10H,1-5H3,(H,22,23);5-6H,7H2,1-4H3,(H3,19,21,22). The van der Waals surface area contributed by atoms with Crippen molar-refractivity contribution in [3.63, 3.8) is 0 Å². The zero-order valence-electron chi connectivity index (χ0n) is 63.7. The Balaban J connectivity index is 0.000000116. The molecule has 23 heteroatoms. The Morgan fingerprint density at radius 2 is 0.917 bits per heavy atom. The maximum atomic E-state index is 10.5. The van der Waals surface area contributed by atoms with Gasteiger partial charge in [0.2, 0.25) is 5.95 Å². The Morgan fingerprint density at radius 1 is 0.472 bits per heavy atom. The summed E-state index contributed by atoms with van der Waals surface area (Å²) in [5.41, 5.74) is 43.0. The number of imidazole rings is 4. The van der Waals surface area contributed by atoms with Crippen LogP contribution in [-0.4, -0.2) is 113 Å². The van der Waals surface area contributed by atoms with Gasteiger partial charge < -0.3 is 59.3 Å². The molecule has 9 N–H and O–H groups in total. The highest BCUT2D eigenvalue weighted by Gasteiger charge is 2.29. The van der Waals surface area contributed by atoms with Crippen LogP contribution in [0.4, 0.5) is 11.9 Å². The number of rotatable bonds is 13. The summed E-state index contributed by atoms with van der Waals surface area (Å²) in [6.07, 6.45) is 3.55. The molecule has 108 heavy (non-hydrogen) atoms. The number of aliphatic hydroxyl groups is 2. The molecule has 0 amide bonds. The lowest BCUT2D eigenvalue weighted by Crippen LogP contribution is -2.02. The number of hydrogen-bond donors (Lipinski definition) is 8. The number of H-pyrrole nitrogens is 4. The van der Waals surface area contributed by atoms with Gasteiger partial charge >= 0.3 is 0 Å². The van der Waals surface area contributed by atoms with Gasteiger partial charge in [0.05, 0.1) is 85.5 Å². The van der Waals surface area contributed by atoms with E-state index >= 15 is 0 Å². The first kappa shape index (κ1) is 71.4. The van der Waals surface area contributed by atoms with E-state index in [4.69, 9.17) is 38.8 Å². The third-order valence-electron chi connectivity index (χ3n) is 20.7. The number of aromatic amines is 4. The van der Waals surface area contributed by atoms with Crippen LogP contribution in [0, 0.1) is 83.1 Å². The first-order valence-corrected chi connectivity index (χ1v) is 36.4. The van der Waals surface area contributed by atoms with Crippen LogP contribution in [0.3, 0.4) is 0 Å². The van der Waals surface area contributed by atoms with Crippen LogP contribution >= 0.6 is 0 Å². The van der Waals surface area contributed by atoms with Crippen molar-refractivity contribution in [1.29, 1.82) is 0 Å². The third-order valence-corrected chi connectivity index (χ3v) is 20.7. The number of nitrogens with two attached hydrogens (primary N) is 1. The molecule has 1 unspecified atom stereocenters. The fourth-order valence-electron chi connectivity index (χ4n) is 15.6. The van der Waals surface area contributed by atoms with Gasteiger partial charge in [0.15, 0.2) is 5.95 Å². The van der Waals surface area contributed by atoms with E-state index in [9.17, 15) is 10.2 Å². The quantitative estimate of drug-likeness (QED) is 0.0532. The van der Waals surface area contributed by atoms with Crippen molar-refractivity contribution in [2.24, 2.45) is 9.98 Å². The lowest BCUT2D eigenvalue weighted by Gasteiger charge is -2.13. The molecule has 0 spiro atoms. The SMILES string of the molecule is CC1=NCC(C)=C1c1cc(-c2c(C)noc2C)cc2[nH]c(N)nc12.CC1=NCC(C)=C1c1cc(-c2c(C)noc2C)cc2[nH]c(NC3CC3)nc12.Cc1ccc2ncccc2c1-c1cc(-c2c(C)noc2C)cc2[nH]c(C(O)CCO)nc12.Cc1nc2c(-c3c(C)cccc3C)cc(-c3c(C)noc3C)cc2[nH]1. The van der Waals surface area contributed by atoms with Gasteiger partial charge in [-0.2, -0.15) is 0 Å². The number of aliphatic hydroxyl groups excluding tert-OH is 2. The van der Waals surface area contributed by atoms with Gasteiger partial charge in [-0.05, 0) is 246 Å². The fourth-order valence-corrected chi connectivity index (χ4v) is 15.6. The van der Waals surface area contributed by atoms with Crippen LogP contribution in [0.15, 0.2) is 136 Å². The molecule has 1 fully saturated rings. The predicted octanol–water partition coefficient (Wildman–Crippen LogP) is 18.5. The highest BCUT2D eigenvalue weighted by molar-refractivity contribution is 6.28. The van der Waals surface area contributed by atoms with Crippen LogP contribution < -0.4 is 11.1 Å². The molecule has 23 nitrogen and oxygen atoms in total.